The number of rotatable bonds is 3. The molecule has 0 aromatic carbocycles. The van der Waals surface area contributed by atoms with Gasteiger partial charge in [0.25, 0.3) is 0 Å². The van der Waals surface area contributed by atoms with Crippen LogP contribution in [0.3, 0.4) is 0 Å². The van der Waals surface area contributed by atoms with Gasteiger partial charge < -0.3 is 5.32 Å². The average molecular weight is 252 g/mol. The van der Waals surface area contributed by atoms with E-state index in [0.29, 0.717) is 17.4 Å². The molecule has 0 spiro atoms. The van der Waals surface area contributed by atoms with Crippen molar-refractivity contribution < 1.29 is 0 Å². The van der Waals surface area contributed by atoms with Gasteiger partial charge in [0.1, 0.15) is 0 Å². The monoisotopic (exact) mass is 252 g/mol. The predicted molar refractivity (Wildman–Crippen MR) is 74.7 cm³/mol. The van der Waals surface area contributed by atoms with Gasteiger partial charge in [0, 0.05) is 16.8 Å². The van der Waals surface area contributed by atoms with Crippen LogP contribution in [0.5, 0.6) is 0 Å². The topological polar surface area (TPSA) is 24.9 Å². The van der Waals surface area contributed by atoms with E-state index in [0.717, 1.165) is 13.0 Å². The zero-order valence-corrected chi connectivity index (χ0v) is 12.4. The SMILES string of the molecule is CCNC1CC(C)(C)Cc2nc(C(C)C)sc21. The Balaban J connectivity index is 2.35. The second kappa shape index (κ2) is 4.69. The molecule has 96 valence electrons. The maximum atomic E-state index is 4.86. The summed E-state index contributed by atoms with van der Waals surface area (Å²) in [6.45, 7) is 12.4. The average Bonchev–Trinajstić information content (AvgIpc) is 2.60. The standard InChI is InChI=1S/C14H24N2S/c1-6-15-10-7-14(4,5)8-11-12(10)17-13(16-11)9(2)3/h9-10,15H,6-8H2,1-5H3. The van der Waals surface area contributed by atoms with E-state index in [1.807, 2.05) is 11.3 Å². The summed E-state index contributed by atoms with van der Waals surface area (Å²) in [6.07, 6.45) is 2.36. The van der Waals surface area contributed by atoms with E-state index < -0.39 is 0 Å². The zero-order chi connectivity index (χ0) is 12.6. The van der Waals surface area contributed by atoms with Crippen LogP contribution >= 0.6 is 11.3 Å². The summed E-state index contributed by atoms with van der Waals surface area (Å²) in [5.74, 6) is 0.552. The third-order valence-electron chi connectivity index (χ3n) is 3.41. The number of hydrogen-bond acceptors (Lipinski definition) is 3. The van der Waals surface area contributed by atoms with Crippen LogP contribution in [0.1, 0.15) is 68.6 Å². The van der Waals surface area contributed by atoms with Crippen molar-refractivity contribution in [2.45, 2.75) is 59.4 Å². The Morgan fingerprint density at radius 1 is 1.47 bits per heavy atom. The molecule has 1 aliphatic carbocycles. The van der Waals surface area contributed by atoms with Gasteiger partial charge in [-0.15, -0.1) is 11.3 Å². The van der Waals surface area contributed by atoms with Gasteiger partial charge in [-0.05, 0) is 24.8 Å². The fourth-order valence-electron chi connectivity index (χ4n) is 2.61. The molecule has 1 heterocycles. The fourth-order valence-corrected chi connectivity index (χ4v) is 3.77. The zero-order valence-electron chi connectivity index (χ0n) is 11.6. The molecule has 1 N–H and O–H groups in total. The number of thiazole rings is 1. The lowest BCUT2D eigenvalue weighted by atomic mass is 9.76. The molecule has 0 fully saturated rings. The molecule has 0 amide bonds. The number of fused-ring (bicyclic) bond motifs is 1. The molecule has 0 radical (unpaired) electrons. The van der Waals surface area contributed by atoms with Gasteiger partial charge in [0.15, 0.2) is 0 Å². The van der Waals surface area contributed by atoms with Crippen molar-refractivity contribution in [1.29, 1.82) is 0 Å². The van der Waals surface area contributed by atoms with Gasteiger partial charge in [-0.3, -0.25) is 0 Å². The third kappa shape index (κ3) is 2.71. The van der Waals surface area contributed by atoms with Crippen LogP contribution in [0, 0.1) is 5.41 Å². The first kappa shape index (κ1) is 13.0. The number of hydrogen-bond donors (Lipinski definition) is 1. The summed E-state index contributed by atoms with van der Waals surface area (Å²) in [4.78, 5) is 6.35. The van der Waals surface area contributed by atoms with Crippen molar-refractivity contribution in [3.8, 4) is 0 Å². The quantitative estimate of drug-likeness (QED) is 0.883. The summed E-state index contributed by atoms with van der Waals surface area (Å²) >= 11 is 1.92. The molecule has 1 aromatic heterocycles. The third-order valence-corrected chi connectivity index (χ3v) is 4.92. The summed E-state index contributed by atoms with van der Waals surface area (Å²) in [6, 6.07) is 0.517. The smallest absolute Gasteiger partial charge is 0.0957 e. The predicted octanol–water partition coefficient (Wildman–Crippen LogP) is 3.89. The lowest BCUT2D eigenvalue weighted by Gasteiger charge is -2.34. The van der Waals surface area contributed by atoms with Gasteiger partial charge in [0.05, 0.1) is 10.7 Å². The Morgan fingerprint density at radius 2 is 2.18 bits per heavy atom. The summed E-state index contributed by atoms with van der Waals surface area (Å²) in [5, 5.41) is 4.92. The van der Waals surface area contributed by atoms with E-state index in [9.17, 15) is 0 Å². The minimum absolute atomic E-state index is 0.377. The minimum Gasteiger partial charge on any atom is -0.309 e. The fraction of sp³-hybridized carbons (Fsp3) is 0.786. The summed E-state index contributed by atoms with van der Waals surface area (Å²) < 4.78 is 0. The highest BCUT2D eigenvalue weighted by atomic mass is 32.1. The van der Waals surface area contributed by atoms with E-state index in [2.05, 4.69) is 39.9 Å². The van der Waals surface area contributed by atoms with Gasteiger partial charge in [0.2, 0.25) is 0 Å². The molecule has 1 aromatic rings. The second-order valence-electron chi connectivity index (χ2n) is 6.17. The highest BCUT2D eigenvalue weighted by Gasteiger charge is 2.34. The van der Waals surface area contributed by atoms with Gasteiger partial charge in [-0.1, -0.05) is 34.6 Å². The Kier molecular flexibility index (Phi) is 3.60. The largest absolute Gasteiger partial charge is 0.309 e. The van der Waals surface area contributed by atoms with Crippen molar-refractivity contribution in [3.05, 3.63) is 15.6 Å². The molecule has 2 rings (SSSR count). The second-order valence-corrected chi connectivity index (χ2v) is 7.24. The number of aromatic nitrogens is 1. The van der Waals surface area contributed by atoms with Crippen LogP contribution in [0.4, 0.5) is 0 Å². The lowest BCUT2D eigenvalue weighted by molar-refractivity contribution is 0.260. The number of nitrogens with zero attached hydrogens (tertiary/aromatic N) is 1. The maximum absolute atomic E-state index is 4.86. The molecule has 0 bridgehead atoms. The molecule has 3 heteroatoms. The highest BCUT2D eigenvalue weighted by molar-refractivity contribution is 7.12. The van der Waals surface area contributed by atoms with Crippen molar-refractivity contribution in [2.24, 2.45) is 5.41 Å². The van der Waals surface area contributed by atoms with Crippen LogP contribution in [-0.2, 0) is 6.42 Å². The van der Waals surface area contributed by atoms with Gasteiger partial charge >= 0.3 is 0 Å². The first-order valence-electron chi connectivity index (χ1n) is 6.66. The number of nitrogens with one attached hydrogen (secondary N) is 1. The van der Waals surface area contributed by atoms with Crippen molar-refractivity contribution in [1.82, 2.24) is 10.3 Å². The first-order chi connectivity index (χ1) is 7.93. The van der Waals surface area contributed by atoms with E-state index in [4.69, 9.17) is 4.98 Å². The van der Waals surface area contributed by atoms with Crippen LogP contribution in [-0.4, -0.2) is 11.5 Å². The van der Waals surface area contributed by atoms with Gasteiger partial charge in [-0.2, -0.15) is 0 Å². The molecule has 1 aliphatic rings. The lowest BCUT2D eigenvalue weighted by Crippen LogP contribution is -2.32. The molecule has 2 nitrogen and oxygen atoms in total. The maximum Gasteiger partial charge on any atom is 0.0957 e. The molecule has 17 heavy (non-hydrogen) atoms. The summed E-state index contributed by atoms with van der Waals surface area (Å²) in [7, 11) is 0. The molecular weight excluding hydrogens is 228 g/mol. The molecular formula is C14H24N2S. The molecule has 0 saturated heterocycles. The first-order valence-corrected chi connectivity index (χ1v) is 7.47. The molecule has 1 unspecified atom stereocenters. The minimum atomic E-state index is 0.377. The molecule has 1 atom stereocenters. The highest BCUT2D eigenvalue weighted by Crippen LogP contribution is 2.43. The van der Waals surface area contributed by atoms with Crippen LogP contribution in [0.25, 0.3) is 0 Å². The van der Waals surface area contributed by atoms with Crippen LogP contribution in [0.2, 0.25) is 0 Å². The normalized spacial score (nSPS) is 22.8. The van der Waals surface area contributed by atoms with Crippen molar-refractivity contribution in [3.63, 3.8) is 0 Å². The Hall–Kier alpha value is -0.410. The Morgan fingerprint density at radius 3 is 2.76 bits per heavy atom. The summed E-state index contributed by atoms with van der Waals surface area (Å²) in [5.41, 5.74) is 1.73. The van der Waals surface area contributed by atoms with E-state index >= 15 is 0 Å². The Labute approximate surface area is 109 Å². The van der Waals surface area contributed by atoms with E-state index in [-0.39, 0.29) is 0 Å². The Bertz CT molecular complexity index is 393. The molecule has 0 aliphatic heterocycles. The van der Waals surface area contributed by atoms with E-state index in [1.54, 1.807) is 0 Å². The molecule has 0 saturated carbocycles. The van der Waals surface area contributed by atoms with Gasteiger partial charge in [-0.25, -0.2) is 4.98 Å². The van der Waals surface area contributed by atoms with Crippen LogP contribution in [0.15, 0.2) is 0 Å². The van der Waals surface area contributed by atoms with Crippen molar-refractivity contribution in [2.75, 3.05) is 6.54 Å². The van der Waals surface area contributed by atoms with Crippen molar-refractivity contribution >= 4 is 11.3 Å². The van der Waals surface area contributed by atoms with E-state index in [1.165, 1.54) is 22.0 Å². The van der Waals surface area contributed by atoms with Crippen LogP contribution < -0.4 is 5.32 Å².